The van der Waals surface area contributed by atoms with Crippen LogP contribution >= 0.6 is 0 Å². The molecule has 0 aliphatic rings. The molecular formula is C8H16N2O3. The number of carboxylic acids is 1. The van der Waals surface area contributed by atoms with Crippen molar-refractivity contribution in [2.75, 3.05) is 13.6 Å². The van der Waals surface area contributed by atoms with Crippen molar-refractivity contribution in [2.45, 2.75) is 26.3 Å². The minimum atomic E-state index is -1.01. The van der Waals surface area contributed by atoms with Crippen molar-refractivity contribution in [2.24, 2.45) is 0 Å². The highest BCUT2D eigenvalue weighted by atomic mass is 16.4. The highest BCUT2D eigenvalue weighted by molar-refractivity contribution is 5.79. The lowest BCUT2D eigenvalue weighted by molar-refractivity contribution is -0.137. The lowest BCUT2D eigenvalue weighted by Gasteiger charge is -2.18. The van der Waals surface area contributed by atoms with Gasteiger partial charge in [0.05, 0.1) is 0 Å². The number of amides is 2. The summed E-state index contributed by atoms with van der Waals surface area (Å²) in [6.45, 7) is 3.54. The zero-order valence-corrected chi connectivity index (χ0v) is 8.20. The molecule has 0 radical (unpaired) electrons. The number of carbonyl (C=O) groups excluding carboxylic acids is 1. The Morgan fingerprint density at radius 1 is 1.54 bits per heavy atom. The van der Waals surface area contributed by atoms with Gasteiger partial charge in [-0.25, -0.2) is 4.79 Å². The van der Waals surface area contributed by atoms with Gasteiger partial charge < -0.3 is 15.3 Å². The van der Waals surface area contributed by atoms with Gasteiger partial charge in [-0.15, -0.1) is 0 Å². The maximum Gasteiger partial charge on any atom is 0.323 e. The molecule has 13 heavy (non-hydrogen) atoms. The number of carboxylic acid groups (broad SMARTS) is 1. The summed E-state index contributed by atoms with van der Waals surface area (Å²) in [6, 6.07) is -0.277. The van der Waals surface area contributed by atoms with E-state index in [4.69, 9.17) is 5.11 Å². The number of urea groups is 1. The average molecular weight is 188 g/mol. The molecule has 0 aliphatic heterocycles. The molecule has 0 heterocycles. The highest BCUT2D eigenvalue weighted by Gasteiger charge is 2.12. The van der Waals surface area contributed by atoms with E-state index in [0.29, 0.717) is 0 Å². The smallest absolute Gasteiger partial charge is 0.323 e. The van der Waals surface area contributed by atoms with E-state index in [0.717, 1.165) is 11.3 Å². The Labute approximate surface area is 77.7 Å². The first kappa shape index (κ1) is 11.7. The van der Waals surface area contributed by atoms with Crippen LogP contribution in [0.2, 0.25) is 0 Å². The van der Waals surface area contributed by atoms with Crippen LogP contribution in [0.1, 0.15) is 20.3 Å². The maximum absolute atomic E-state index is 11.2. The number of hydrogen-bond donors (Lipinski definition) is 2. The fourth-order valence-corrected chi connectivity index (χ4v) is 0.698. The number of nitrogens with one attached hydrogen (secondary N) is 1. The first-order chi connectivity index (χ1) is 5.97. The van der Waals surface area contributed by atoms with E-state index >= 15 is 0 Å². The molecular weight excluding hydrogens is 172 g/mol. The van der Waals surface area contributed by atoms with E-state index in [1.807, 2.05) is 13.8 Å². The van der Waals surface area contributed by atoms with E-state index in [1.165, 1.54) is 7.05 Å². The van der Waals surface area contributed by atoms with E-state index in [9.17, 15) is 9.59 Å². The molecule has 1 unspecified atom stereocenters. The predicted octanol–water partition coefficient (Wildman–Crippen LogP) is 0.511. The second kappa shape index (κ2) is 5.40. The SMILES string of the molecule is CCC(C)NC(=O)N(C)CC(=O)O. The molecule has 5 nitrogen and oxygen atoms in total. The molecule has 2 amide bonds. The van der Waals surface area contributed by atoms with Crippen LogP contribution in [0.3, 0.4) is 0 Å². The second-order valence-corrected chi connectivity index (χ2v) is 3.01. The molecule has 0 fully saturated rings. The Hall–Kier alpha value is -1.26. The minimum Gasteiger partial charge on any atom is -0.480 e. The van der Waals surface area contributed by atoms with Gasteiger partial charge in [0.15, 0.2) is 0 Å². The summed E-state index contributed by atoms with van der Waals surface area (Å²) in [5.41, 5.74) is 0. The third-order valence-electron chi connectivity index (χ3n) is 1.70. The highest BCUT2D eigenvalue weighted by Crippen LogP contribution is 1.91. The summed E-state index contributed by atoms with van der Waals surface area (Å²) >= 11 is 0. The van der Waals surface area contributed by atoms with Crippen LogP contribution < -0.4 is 5.32 Å². The molecule has 76 valence electrons. The molecule has 0 saturated heterocycles. The van der Waals surface area contributed by atoms with Gasteiger partial charge >= 0.3 is 12.0 Å². The van der Waals surface area contributed by atoms with Crippen molar-refractivity contribution < 1.29 is 14.7 Å². The first-order valence-electron chi connectivity index (χ1n) is 4.20. The number of likely N-dealkylation sites (N-methyl/N-ethyl adjacent to an activating group) is 1. The fourth-order valence-electron chi connectivity index (χ4n) is 0.698. The molecule has 0 aromatic rings. The fraction of sp³-hybridized carbons (Fsp3) is 0.750. The molecule has 0 rings (SSSR count). The van der Waals surface area contributed by atoms with Crippen molar-refractivity contribution in [1.29, 1.82) is 0 Å². The summed E-state index contributed by atoms with van der Waals surface area (Å²) in [6.07, 6.45) is 0.826. The number of carbonyl (C=O) groups is 2. The lowest BCUT2D eigenvalue weighted by Crippen LogP contribution is -2.43. The number of aliphatic carboxylic acids is 1. The summed E-state index contributed by atoms with van der Waals surface area (Å²) in [4.78, 5) is 22.6. The second-order valence-electron chi connectivity index (χ2n) is 3.01. The van der Waals surface area contributed by atoms with Gasteiger partial charge in [-0.1, -0.05) is 6.92 Å². The van der Waals surface area contributed by atoms with Crippen molar-refractivity contribution in [3.05, 3.63) is 0 Å². The van der Waals surface area contributed by atoms with Crippen molar-refractivity contribution in [3.63, 3.8) is 0 Å². The van der Waals surface area contributed by atoms with Crippen LogP contribution in [0.25, 0.3) is 0 Å². The maximum atomic E-state index is 11.2. The molecule has 5 heteroatoms. The van der Waals surface area contributed by atoms with E-state index < -0.39 is 5.97 Å². The van der Waals surface area contributed by atoms with Gasteiger partial charge in [0.2, 0.25) is 0 Å². The topological polar surface area (TPSA) is 69.6 Å². The van der Waals surface area contributed by atoms with Gasteiger partial charge in [-0.3, -0.25) is 4.79 Å². The minimum absolute atomic E-state index is 0.0729. The zero-order chi connectivity index (χ0) is 10.4. The Balaban J connectivity index is 3.89. The van der Waals surface area contributed by atoms with E-state index in [-0.39, 0.29) is 18.6 Å². The van der Waals surface area contributed by atoms with Crippen LogP contribution in [0.4, 0.5) is 4.79 Å². The Bertz CT molecular complexity index is 194. The van der Waals surface area contributed by atoms with Gasteiger partial charge in [0, 0.05) is 13.1 Å². The predicted molar refractivity (Wildman–Crippen MR) is 48.6 cm³/mol. The number of rotatable bonds is 4. The summed E-state index contributed by atoms with van der Waals surface area (Å²) < 4.78 is 0. The summed E-state index contributed by atoms with van der Waals surface area (Å²) in [5, 5.41) is 11.1. The van der Waals surface area contributed by atoms with Crippen LogP contribution in [-0.2, 0) is 4.79 Å². The molecule has 0 aromatic heterocycles. The standard InChI is InChI=1S/C8H16N2O3/c1-4-6(2)9-8(13)10(3)5-7(11)12/h6H,4-5H2,1-3H3,(H,9,13)(H,11,12). The van der Waals surface area contributed by atoms with Crippen molar-refractivity contribution in [3.8, 4) is 0 Å². The first-order valence-corrected chi connectivity index (χ1v) is 4.20. The van der Waals surface area contributed by atoms with Gasteiger partial charge in [0.25, 0.3) is 0 Å². The van der Waals surface area contributed by atoms with E-state index in [2.05, 4.69) is 5.32 Å². The Morgan fingerprint density at radius 2 is 2.08 bits per heavy atom. The van der Waals surface area contributed by atoms with Crippen LogP contribution in [0.15, 0.2) is 0 Å². The van der Waals surface area contributed by atoms with Gasteiger partial charge in [-0.05, 0) is 13.3 Å². The molecule has 0 aliphatic carbocycles. The third-order valence-corrected chi connectivity index (χ3v) is 1.70. The third kappa shape index (κ3) is 5.05. The molecule has 0 bridgehead atoms. The normalized spacial score (nSPS) is 11.9. The molecule has 0 spiro atoms. The zero-order valence-electron chi connectivity index (χ0n) is 8.20. The van der Waals surface area contributed by atoms with Gasteiger partial charge in [-0.2, -0.15) is 0 Å². The van der Waals surface area contributed by atoms with Gasteiger partial charge in [0.1, 0.15) is 6.54 Å². The summed E-state index contributed by atoms with van der Waals surface area (Å²) in [7, 11) is 1.45. The molecule has 0 aromatic carbocycles. The Kier molecular flexibility index (Phi) is 4.87. The number of hydrogen-bond acceptors (Lipinski definition) is 2. The van der Waals surface area contributed by atoms with Crippen LogP contribution in [0.5, 0.6) is 0 Å². The average Bonchev–Trinajstić information content (AvgIpc) is 2.02. The lowest BCUT2D eigenvalue weighted by atomic mass is 10.3. The molecule has 1 atom stereocenters. The van der Waals surface area contributed by atoms with E-state index in [1.54, 1.807) is 0 Å². The Morgan fingerprint density at radius 3 is 2.46 bits per heavy atom. The van der Waals surface area contributed by atoms with Crippen molar-refractivity contribution in [1.82, 2.24) is 10.2 Å². The molecule has 0 saturated carbocycles. The summed E-state index contributed by atoms with van der Waals surface area (Å²) in [5.74, 6) is -1.01. The largest absolute Gasteiger partial charge is 0.480 e. The van der Waals surface area contributed by atoms with Crippen molar-refractivity contribution >= 4 is 12.0 Å². The number of nitrogens with zero attached hydrogens (tertiary/aromatic N) is 1. The quantitative estimate of drug-likeness (QED) is 0.675. The van der Waals surface area contributed by atoms with Crippen LogP contribution in [0, 0.1) is 0 Å². The van der Waals surface area contributed by atoms with Crippen LogP contribution in [-0.4, -0.2) is 41.6 Å². The monoisotopic (exact) mass is 188 g/mol. The molecule has 2 N–H and O–H groups in total.